The van der Waals surface area contributed by atoms with Crippen molar-refractivity contribution in [3.05, 3.63) is 34.9 Å². The van der Waals surface area contributed by atoms with Crippen LogP contribution in [0.1, 0.15) is 95.1 Å². The van der Waals surface area contributed by atoms with Crippen LogP contribution in [0.15, 0.2) is 12.1 Å². The van der Waals surface area contributed by atoms with Gasteiger partial charge in [-0.1, -0.05) is 82.8 Å². The minimum Gasteiger partial charge on any atom is -0.206 e. The normalized spacial score (nSPS) is 26.5. The van der Waals surface area contributed by atoms with Crippen LogP contribution in [0.3, 0.4) is 0 Å². The van der Waals surface area contributed by atoms with Gasteiger partial charge in [-0.25, -0.2) is 8.78 Å². The van der Waals surface area contributed by atoms with E-state index < -0.39 is 32.2 Å². The summed E-state index contributed by atoms with van der Waals surface area (Å²) < 4.78 is 65.5. The zero-order valence-corrected chi connectivity index (χ0v) is 21.3. The number of benzene rings is 1. The Bertz CT molecular complexity index is 693. The molecule has 1 heterocycles. The molecule has 0 radical (unpaired) electrons. The number of halogens is 5. The van der Waals surface area contributed by atoms with Crippen LogP contribution in [0.25, 0.3) is 0 Å². The summed E-state index contributed by atoms with van der Waals surface area (Å²) in [5.41, 5.74) is -1.47. The van der Waals surface area contributed by atoms with Crippen LogP contribution in [0.2, 0.25) is 18.1 Å². The summed E-state index contributed by atoms with van der Waals surface area (Å²) in [5.74, 6) is -0.390. The van der Waals surface area contributed by atoms with Gasteiger partial charge in [0.1, 0.15) is 17.2 Å². The number of hydrogen-bond acceptors (Lipinski definition) is 0. The van der Waals surface area contributed by atoms with Crippen molar-refractivity contribution in [1.82, 2.24) is 0 Å². The van der Waals surface area contributed by atoms with E-state index in [9.17, 15) is 22.0 Å². The Labute approximate surface area is 198 Å². The Morgan fingerprint density at radius 1 is 0.818 bits per heavy atom. The van der Waals surface area contributed by atoms with Crippen LogP contribution < -0.4 is 0 Å². The van der Waals surface area contributed by atoms with Crippen molar-refractivity contribution >= 4 is 8.80 Å². The molecule has 0 aromatic heterocycles. The molecule has 1 aliphatic carbocycles. The molecule has 1 saturated heterocycles. The Kier molecular flexibility index (Phi) is 10.3. The first-order valence-corrected chi connectivity index (χ1v) is 15.8. The van der Waals surface area contributed by atoms with Gasteiger partial charge in [-0.15, -0.1) is 0 Å². The van der Waals surface area contributed by atoms with Gasteiger partial charge in [-0.3, -0.25) is 0 Å². The summed E-state index contributed by atoms with van der Waals surface area (Å²) >= 11 is 0. The van der Waals surface area contributed by atoms with Crippen LogP contribution in [-0.4, -0.2) is 8.80 Å². The molecule has 6 heteroatoms. The van der Waals surface area contributed by atoms with Crippen LogP contribution in [-0.2, 0) is 12.6 Å². The summed E-state index contributed by atoms with van der Waals surface area (Å²) in [6, 6.07) is 6.40. The van der Waals surface area contributed by atoms with Gasteiger partial charge in [0.15, 0.2) is 0 Å². The molecule has 0 bridgehead atoms. The van der Waals surface area contributed by atoms with E-state index in [-0.39, 0.29) is 0 Å². The highest BCUT2D eigenvalue weighted by Gasteiger charge is 2.38. The van der Waals surface area contributed by atoms with E-state index in [2.05, 4.69) is 6.92 Å². The van der Waals surface area contributed by atoms with Gasteiger partial charge >= 0.3 is 6.18 Å². The number of unbranched alkanes of at least 4 members (excludes halogenated alkanes) is 3. The van der Waals surface area contributed by atoms with E-state index >= 15 is 0 Å². The van der Waals surface area contributed by atoms with Crippen molar-refractivity contribution in [2.24, 2.45) is 17.8 Å². The second kappa shape index (κ2) is 12.7. The highest BCUT2D eigenvalue weighted by Crippen LogP contribution is 2.42. The lowest BCUT2D eigenvalue weighted by molar-refractivity contribution is -0.142. The van der Waals surface area contributed by atoms with Gasteiger partial charge in [0, 0.05) is 8.80 Å². The second-order valence-corrected chi connectivity index (χ2v) is 14.2. The van der Waals surface area contributed by atoms with Crippen molar-refractivity contribution in [3.8, 4) is 0 Å². The smallest absolute Gasteiger partial charge is 0.206 e. The molecule has 0 spiro atoms. The van der Waals surface area contributed by atoms with Gasteiger partial charge < -0.3 is 0 Å². The van der Waals surface area contributed by atoms with E-state index in [0.29, 0.717) is 12.0 Å². The first-order chi connectivity index (χ1) is 15.8. The Hall–Kier alpha value is -0.913. The molecule has 1 saturated carbocycles. The van der Waals surface area contributed by atoms with Crippen molar-refractivity contribution in [3.63, 3.8) is 0 Å². The van der Waals surface area contributed by atoms with E-state index in [1.807, 2.05) is 0 Å². The Balaban J connectivity index is 1.32. The lowest BCUT2D eigenvalue weighted by Gasteiger charge is -2.37. The SMILES string of the molecule is CCCCC[SiH]1CCC(C2CCC(CCCCc3cc(F)c(C(F)(F)F)c(F)c3)CC2)CC1. The molecule has 188 valence electrons. The van der Waals surface area contributed by atoms with E-state index in [1.54, 1.807) is 18.1 Å². The molecule has 0 N–H and O–H groups in total. The van der Waals surface area contributed by atoms with Crippen molar-refractivity contribution in [2.45, 2.75) is 115 Å². The average molecular weight is 489 g/mol. The Morgan fingerprint density at radius 2 is 1.42 bits per heavy atom. The third-order valence-corrected chi connectivity index (χ3v) is 11.9. The highest BCUT2D eigenvalue weighted by atomic mass is 28.3. The van der Waals surface area contributed by atoms with Gasteiger partial charge in [-0.2, -0.15) is 13.2 Å². The number of aryl methyl sites for hydroxylation is 1. The summed E-state index contributed by atoms with van der Waals surface area (Å²) in [7, 11) is -0.429. The summed E-state index contributed by atoms with van der Waals surface area (Å²) in [4.78, 5) is 0. The van der Waals surface area contributed by atoms with E-state index in [4.69, 9.17) is 0 Å². The molecule has 0 amide bonds. The number of hydrogen-bond donors (Lipinski definition) is 0. The number of alkyl halides is 3. The molecule has 1 aliphatic heterocycles. The maximum Gasteiger partial charge on any atom is 0.422 e. The molecule has 1 aromatic carbocycles. The molecule has 2 fully saturated rings. The fraction of sp³-hybridized carbons (Fsp3) is 0.778. The quantitative estimate of drug-likeness (QED) is 0.175. The van der Waals surface area contributed by atoms with Crippen molar-refractivity contribution in [2.75, 3.05) is 0 Å². The molecule has 1 aromatic rings. The third-order valence-electron chi connectivity index (χ3n) is 8.38. The predicted octanol–water partition coefficient (Wildman–Crippen LogP) is 9.33. The third kappa shape index (κ3) is 8.07. The zero-order chi connectivity index (χ0) is 23.8. The fourth-order valence-corrected chi connectivity index (χ4v) is 9.91. The highest BCUT2D eigenvalue weighted by molar-refractivity contribution is 6.58. The summed E-state index contributed by atoms with van der Waals surface area (Å²) in [6.45, 7) is 2.29. The number of rotatable bonds is 10. The second-order valence-electron chi connectivity index (χ2n) is 10.7. The molecule has 0 atom stereocenters. The van der Waals surface area contributed by atoms with Gasteiger partial charge in [-0.05, 0) is 61.1 Å². The fourth-order valence-electron chi connectivity index (χ4n) is 6.38. The van der Waals surface area contributed by atoms with Crippen molar-refractivity contribution in [1.29, 1.82) is 0 Å². The topological polar surface area (TPSA) is 0 Å². The van der Waals surface area contributed by atoms with Gasteiger partial charge in [0.05, 0.1) is 0 Å². The molecule has 2 aliphatic rings. The maximum absolute atomic E-state index is 13.7. The molecule has 0 unspecified atom stereocenters. The largest absolute Gasteiger partial charge is 0.422 e. The lowest BCUT2D eigenvalue weighted by Crippen LogP contribution is -2.28. The van der Waals surface area contributed by atoms with Crippen LogP contribution in [0.5, 0.6) is 0 Å². The van der Waals surface area contributed by atoms with Crippen LogP contribution in [0.4, 0.5) is 22.0 Å². The first kappa shape index (κ1) is 26.7. The van der Waals surface area contributed by atoms with Gasteiger partial charge in [0.25, 0.3) is 0 Å². The van der Waals surface area contributed by atoms with E-state index in [1.165, 1.54) is 57.8 Å². The summed E-state index contributed by atoms with van der Waals surface area (Å²) in [5, 5.41) is 0. The maximum atomic E-state index is 13.7. The minimum atomic E-state index is -5.00. The van der Waals surface area contributed by atoms with Crippen LogP contribution in [0, 0.1) is 29.4 Å². The van der Waals surface area contributed by atoms with Gasteiger partial charge in [0.2, 0.25) is 0 Å². The molecule has 0 nitrogen and oxygen atoms in total. The monoisotopic (exact) mass is 488 g/mol. The first-order valence-electron chi connectivity index (χ1n) is 13.3. The lowest BCUT2D eigenvalue weighted by atomic mass is 9.73. The van der Waals surface area contributed by atoms with E-state index in [0.717, 1.165) is 49.1 Å². The van der Waals surface area contributed by atoms with Crippen molar-refractivity contribution < 1.29 is 22.0 Å². The Morgan fingerprint density at radius 3 is 2.00 bits per heavy atom. The summed E-state index contributed by atoms with van der Waals surface area (Å²) in [6.07, 6.45) is 10.7. The predicted molar refractivity (Wildman–Crippen MR) is 128 cm³/mol. The zero-order valence-electron chi connectivity index (χ0n) is 20.2. The molecular formula is C27H41F5Si. The standard InChI is InChI=1S/C27H41F5Si/c1-2-3-6-15-33-16-13-23(14-17-33)22-11-9-20(10-12-22)7-4-5-8-21-18-24(28)26(25(29)19-21)27(30,31)32/h18-20,22-23,33H,2-17H2,1H3. The van der Waals surface area contributed by atoms with Crippen LogP contribution >= 0.6 is 0 Å². The molecular weight excluding hydrogens is 447 g/mol. The molecule has 3 rings (SSSR count). The average Bonchev–Trinajstić information content (AvgIpc) is 2.76. The minimum absolute atomic E-state index is 0.315. The molecule has 33 heavy (non-hydrogen) atoms.